The molecule has 0 radical (unpaired) electrons. The zero-order valence-electron chi connectivity index (χ0n) is 37.5. The highest BCUT2D eigenvalue weighted by Gasteiger charge is 2.28. The number of ether oxygens (including phenoxy) is 5. The molecule has 1 N–H and O–H groups in total. The quantitative estimate of drug-likeness (QED) is 0.0593. The Hall–Kier alpha value is -3.67. The zero-order chi connectivity index (χ0) is 46.7. The summed E-state index contributed by atoms with van der Waals surface area (Å²) in [6, 6.07) is -1.10. The highest BCUT2D eigenvalue weighted by Crippen LogP contribution is 2.13. The van der Waals surface area contributed by atoms with E-state index in [0.29, 0.717) is 111 Å². The van der Waals surface area contributed by atoms with Gasteiger partial charge >= 0.3 is 5.97 Å². The largest absolute Gasteiger partial charge is 0.549 e. The van der Waals surface area contributed by atoms with Crippen molar-refractivity contribution in [3.05, 3.63) is 0 Å². The molecule has 0 spiro atoms. The first kappa shape index (κ1) is 57.3. The Labute approximate surface area is 371 Å². The molecule has 1 fully saturated rings. The predicted octanol–water partition coefficient (Wildman–Crippen LogP) is -3.49. The van der Waals surface area contributed by atoms with Crippen LogP contribution >= 0.6 is 0 Å². The van der Waals surface area contributed by atoms with Gasteiger partial charge in [0.2, 0.25) is 5.91 Å². The van der Waals surface area contributed by atoms with Crippen LogP contribution in [0.4, 0.5) is 0 Å². The molecule has 1 saturated heterocycles. The highest BCUT2D eigenvalue weighted by molar-refractivity contribution is 5.85. The Morgan fingerprint density at radius 2 is 0.937 bits per heavy atom. The topological polar surface area (TPSA) is 271 Å². The number of Topliss-reactive ketones (excluding diaryl/α,β-unsaturated/α-hetero) is 2. The van der Waals surface area contributed by atoms with Gasteiger partial charge < -0.3 is 63.4 Å². The van der Waals surface area contributed by atoms with Crippen molar-refractivity contribution in [2.24, 2.45) is 0 Å². The van der Waals surface area contributed by atoms with Crippen molar-refractivity contribution in [3.8, 4) is 0 Å². The molecule has 1 unspecified atom stereocenters. The van der Waals surface area contributed by atoms with E-state index in [9.17, 15) is 54.0 Å². The van der Waals surface area contributed by atoms with Gasteiger partial charge in [-0.1, -0.05) is 0 Å². The molecule has 63 heavy (non-hydrogen) atoms. The molecule has 0 aromatic rings. The fourth-order valence-electron chi connectivity index (χ4n) is 6.73. The summed E-state index contributed by atoms with van der Waals surface area (Å²) in [6.07, 6.45) is 3.79. The van der Waals surface area contributed by atoms with Gasteiger partial charge in [0.1, 0.15) is 11.8 Å². The number of nitrogens with zero attached hydrogens (tertiary/aromatic N) is 5. The molecule has 0 aromatic heterocycles. The van der Waals surface area contributed by atoms with E-state index in [1.165, 1.54) is 21.6 Å². The lowest BCUT2D eigenvalue weighted by atomic mass is 10.0. The standard InChI is InChI=1S/C42H75N5O16/c1-3-59-25-26-62-24-8-13-47(35(2)48)31-37(50)10-5-7-23-61-28-30-63-29-27-60-22-6-4-9-36(49)11-12-38(42(57)58)46-20-18-44(33-40(53)54)16-14-43(32-39(51)52)15-17-45(19-21-46)34-41(55)56/h38H,3-34H2,1-2H3,(H,51,52)(H,53,54)(H,55,56)(H,57,58)/p-3. The summed E-state index contributed by atoms with van der Waals surface area (Å²) in [6.45, 7) is 8.10. The molecule has 1 heterocycles. The maximum atomic E-state index is 12.8. The van der Waals surface area contributed by atoms with Crippen LogP contribution < -0.4 is 15.3 Å². The lowest BCUT2D eigenvalue weighted by Crippen LogP contribution is -2.53. The maximum Gasteiger partial charge on any atom is 0.320 e. The summed E-state index contributed by atoms with van der Waals surface area (Å²) < 4.78 is 27.4. The minimum atomic E-state index is -1.35. The summed E-state index contributed by atoms with van der Waals surface area (Å²) >= 11 is 0. The zero-order valence-corrected chi connectivity index (χ0v) is 37.5. The van der Waals surface area contributed by atoms with Gasteiger partial charge in [-0.15, -0.1) is 0 Å². The monoisotopic (exact) mass is 902 g/mol. The van der Waals surface area contributed by atoms with Gasteiger partial charge in [-0.3, -0.25) is 38.8 Å². The van der Waals surface area contributed by atoms with Crippen molar-refractivity contribution in [1.29, 1.82) is 0 Å². The molecule has 0 bridgehead atoms. The highest BCUT2D eigenvalue weighted by atomic mass is 16.5. The molecule has 1 rings (SSSR count). The van der Waals surface area contributed by atoms with Gasteiger partial charge in [0.15, 0.2) is 5.78 Å². The number of amides is 1. The molecule has 364 valence electrons. The Balaban J connectivity index is 2.31. The summed E-state index contributed by atoms with van der Waals surface area (Å²) in [7, 11) is 0. The van der Waals surface area contributed by atoms with Crippen LogP contribution in [0.1, 0.15) is 71.6 Å². The Bertz CT molecular complexity index is 1290. The van der Waals surface area contributed by atoms with E-state index in [0.717, 1.165) is 0 Å². The normalized spacial score (nSPS) is 15.6. The molecule has 1 amide bonds. The number of carboxylic acid groups (broad SMARTS) is 4. The van der Waals surface area contributed by atoms with Crippen molar-refractivity contribution >= 4 is 41.4 Å². The molecule has 1 atom stereocenters. The van der Waals surface area contributed by atoms with Crippen molar-refractivity contribution in [3.63, 3.8) is 0 Å². The Kier molecular flexibility index (Phi) is 33.4. The van der Waals surface area contributed by atoms with Gasteiger partial charge in [-0.2, -0.15) is 0 Å². The molecule has 21 heteroatoms. The first-order valence-corrected chi connectivity index (χ1v) is 22.1. The lowest BCUT2D eigenvalue weighted by molar-refractivity contribution is -0.308. The van der Waals surface area contributed by atoms with Gasteiger partial charge in [0.25, 0.3) is 0 Å². The van der Waals surface area contributed by atoms with Crippen LogP contribution in [-0.2, 0) is 57.2 Å². The van der Waals surface area contributed by atoms with Gasteiger partial charge in [-0.25, -0.2) is 0 Å². The SMILES string of the molecule is CCOCCOCCCN(CC(=O)CCCCOCCOCCOCCCCC(=O)CCC(C(=O)O)N1CCN(CC(=O)[O-])CCN(CC(=O)[O-])CCN(CC(=O)[O-])CC1)C(C)=O. The summed E-state index contributed by atoms with van der Waals surface area (Å²) in [4.78, 5) is 91.4. The van der Waals surface area contributed by atoms with Crippen molar-refractivity contribution in [2.75, 3.05) is 151 Å². The van der Waals surface area contributed by atoms with Gasteiger partial charge in [-0.05, 0) is 45.4 Å². The van der Waals surface area contributed by atoms with Crippen LogP contribution in [0.2, 0.25) is 0 Å². The van der Waals surface area contributed by atoms with E-state index in [1.54, 1.807) is 9.80 Å². The molecular weight excluding hydrogens is 830 g/mol. The molecule has 0 saturated carbocycles. The fourth-order valence-corrected chi connectivity index (χ4v) is 6.73. The molecule has 0 aromatic carbocycles. The first-order chi connectivity index (χ1) is 30.2. The number of hydrogen-bond acceptors (Lipinski definition) is 19. The minimum absolute atomic E-state index is 0.000472. The third-order valence-corrected chi connectivity index (χ3v) is 10.2. The summed E-state index contributed by atoms with van der Waals surface area (Å²) in [5.74, 6) is -5.45. The summed E-state index contributed by atoms with van der Waals surface area (Å²) in [5, 5.41) is 44.4. The van der Waals surface area contributed by atoms with E-state index in [4.69, 9.17) is 23.7 Å². The number of carbonyl (C=O) groups is 7. The maximum absolute atomic E-state index is 12.8. The molecule has 1 aliphatic heterocycles. The minimum Gasteiger partial charge on any atom is -0.549 e. The number of unbranched alkanes of at least 4 members (excludes halogenated alkanes) is 2. The fraction of sp³-hybridized carbons (Fsp3) is 0.833. The Morgan fingerprint density at radius 1 is 0.540 bits per heavy atom. The Morgan fingerprint density at radius 3 is 1.35 bits per heavy atom. The third-order valence-electron chi connectivity index (χ3n) is 10.2. The average Bonchev–Trinajstić information content (AvgIpc) is 3.21. The number of ketones is 2. The van der Waals surface area contributed by atoms with E-state index in [-0.39, 0.29) is 95.6 Å². The van der Waals surface area contributed by atoms with Gasteiger partial charge in [0.05, 0.1) is 64.1 Å². The van der Waals surface area contributed by atoms with E-state index < -0.39 is 49.6 Å². The second-order valence-corrected chi connectivity index (χ2v) is 15.3. The van der Waals surface area contributed by atoms with Crippen LogP contribution in [0.15, 0.2) is 0 Å². The van der Waals surface area contributed by atoms with Crippen LogP contribution in [0, 0.1) is 0 Å². The van der Waals surface area contributed by atoms with E-state index in [2.05, 4.69) is 0 Å². The van der Waals surface area contributed by atoms with Crippen LogP contribution in [0.25, 0.3) is 0 Å². The van der Waals surface area contributed by atoms with Crippen LogP contribution in [0.5, 0.6) is 0 Å². The summed E-state index contributed by atoms with van der Waals surface area (Å²) in [5.41, 5.74) is 0. The third kappa shape index (κ3) is 31.8. The smallest absolute Gasteiger partial charge is 0.320 e. The number of aliphatic carboxylic acids is 4. The van der Waals surface area contributed by atoms with Crippen molar-refractivity contribution in [2.45, 2.75) is 77.7 Å². The second-order valence-electron chi connectivity index (χ2n) is 15.3. The second kappa shape index (κ2) is 36.6. The van der Waals surface area contributed by atoms with E-state index >= 15 is 0 Å². The lowest BCUT2D eigenvalue weighted by Gasteiger charge is -2.36. The average molecular weight is 903 g/mol. The molecule has 0 aliphatic carbocycles. The number of carboxylic acids is 4. The first-order valence-electron chi connectivity index (χ1n) is 22.1. The predicted molar refractivity (Wildman–Crippen MR) is 221 cm³/mol. The molecule has 21 nitrogen and oxygen atoms in total. The van der Waals surface area contributed by atoms with E-state index in [1.807, 2.05) is 6.92 Å². The molecule has 1 aliphatic rings. The number of hydrogen-bond donors (Lipinski definition) is 1. The van der Waals surface area contributed by atoms with Crippen molar-refractivity contribution < 1.29 is 77.7 Å². The van der Waals surface area contributed by atoms with Crippen LogP contribution in [-0.4, -0.2) is 228 Å². The van der Waals surface area contributed by atoms with Crippen LogP contribution in [0.3, 0.4) is 0 Å². The molecular formula is C42H72N5O16-3. The van der Waals surface area contributed by atoms with Gasteiger partial charge in [0, 0.05) is 131 Å². The van der Waals surface area contributed by atoms with Crippen molar-refractivity contribution in [1.82, 2.24) is 24.5 Å². The number of carbonyl (C=O) groups excluding carboxylic acids is 6. The number of rotatable bonds is 37.